The quantitative estimate of drug-likeness (QED) is 0.314. The van der Waals surface area contributed by atoms with Crippen LogP contribution in [0.3, 0.4) is 0 Å². The van der Waals surface area contributed by atoms with E-state index in [0.29, 0.717) is 23.7 Å². The lowest BCUT2D eigenvalue weighted by molar-refractivity contribution is 0.229. The molecule has 2 aromatic carbocycles. The summed E-state index contributed by atoms with van der Waals surface area (Å²) in [6, 6.07) is 13.1. The summed E-state index contributed by atoms with van der Waals surface area (Å²) in [6.45, 7) is 2.34. The fourth-order valence-electron chi connectivity index (χ4n) is 2.11. The Hall–Kier alpha value is -1.68. The van der Waals surface area contributed by atoms with Crippen molar-refractivity contribution in [1.29, 1.82) is 0 Å². The lowest BCUT2D eigenvalue weighted by Gasteiger charge is -2.15. The molecule has 26 heavy (non-hydrogen) atoms. The summed E-state index contributed by atoms with van der Waals surface area (Å²) in [4.78, 5) is 4.32. The Morgan fingerprint density at radius 3 is 2.54 bits per heavy atom. The van der Waals surface area contributed by atoms with E-state index >= 15 is 0 Å². The van der Waals surface area contributed by atoms with Crippen LogP contribution in [0.4, 0.5) is 5.69 Å². The number of ether oxygens (including phenoxy) is 3. The van der Waals surface area contributed by atoms with Gasteiger partial charge in [0.2, 0.25) is 0 Å². The van der Waals surface area contributed by atoms with E-state index in [2.05, 4.69) is 26.2 Å². The number of rotatable bonds is 7. The van der Waals surface area contributed by atoms with Crippen LogP contribution >= 0.6 is 39.9 Å². The van der Waals surface area contributed by atoms with E-state index in [4.69, 9.17) is 19.9 Å². The maximum Gasteiger partial charge on any atom is 0.193 e. The standard InChI is InChI=1S/C18H22BrN3O3.HI/c1-12(25-16-7-5-4-6-14(16)19)11-21-18(20)22-15-10-13(23-2)8-9-17(15)24-3;/h4-10,12H,11H2,1-3H3,(H3,20,21,22);1H. The van der Waals surface area contributed by atoms with Crippen molar-refractivity contribution in [2.75, 3.05) is 26.1 Å². The molecule has 0 amide bonds. The highest BCUT2D eigenvalue weighted by molar-refractivity contribution is 14.0. The first-order valence-electron chi connectivity index (χ1n) is 7.73. The smallest absolute Gasteiger partial charge is 0.193 e. The van der Waals surface area contributed by atoms with Crippen molar-refractivity contribution >= 4 is 51.6 Å². The Labute approximate surface area is 179 Å². The van der Waals surface area contributed by atoms with Crippen molar-refractivity contribution in [3.05, 3.63) is 46.9 Å². The third-order valence-corrected chi connectivity index (χ3v) is 4.01. The summed E-state index contributed by atoms with van der Waals surface area (Å²) in [5.74, 6) is 2.39. The van der Waals surface area contributed by atoms with Gasteiger partial charge in [-0.25, -0.2) is 4.99 Å². The molecular formula is C18H23BrIN3O3. The fraction of sp³-hybridized carbons (Fsp3) is 0.278. The third kappa shape index (κ3) is 6.56. The van der Waals surface area contributed by atoms with E-state index < -0.39 is 0 Å². The number of halogens is 2. The third-order valence-electron chi connectivity index (χ3n) is 3.35. The van der Waals surface area contributed by atoms with E-state index in [9.17, 15) is 0 Å². The summed E-state index contributed by atoms with van der Waals surface area (Å²) < 4.78 is 17.3. The fourth-order valence-corrected chi connectivity index (χ4v) is 2.49. The van der Waals surface area contributed by atoms with Crippen molar-refractivity contribution in [2.45, 2.75) is 13.0 Å². The molecule has 3 N–H and O–H groups in total. The zero-order valence-corrected chi connectivity index (χ0v) is 18.8. The molecule has 0 bridgehead atoms. The number of benzene rings is 2. The summed E-state index contributed by atoms with van der Waals surface area (Å²) in [7, 11) is 3.19. The Balaban J connectivity index is 0.00000338. The maximum atomic E-state index is 5.97. The lowest BCUT2D eigenvalue weighted by Crippen LogP contribution is -2.26. The largest absolute Gasteiger partial charge is 0.497 e. The highest BCUT2D eigenvalue weighted by Crippen LogP contribution is 2.28. The van der Waals surface area contributed by atoms with E-state index in [-0.39, 0.29) is 36.0 Å². The second-order valence-electron chi connectivity index (χ2n) is 5.28. The van der Waals surface area contributed by atoms with Gasteiger partial charge < -0.3 is 25.3 Å². The second kappa shape index (κ2) is 11.1. The van der Waals surface area contributed by atoms with Crippen LogP contribution in [0.2, 0.25) is 0 Å². The zero-order chi connectivity index (χ0) is 18.2. The summed E-state index contributed by atoms with van der Waals surface area (Å²) in [5, 5.41) is 3.02. The average Bonchev–Trinajstić information content (AvgIpc) is 2.62. The van der Waals surface area contributed by atoms with Crippen molar-refractivity contribution < 1.29 is 14.2 Å². The number of nitrogens with zero attached hydrogens (tertiary/aromatic N) is 1. The van der Waals surface area contributed by atoms with Gasteiger partial charge in [-0.3, -0.25) is 0 Å². The molecule has 2 rings (SSSR count). The van der Waals surface area contributed by atoms with Crippen molar-refractivity contribution in [2.24, 2.45) is 10.7 Å². The summed E-state index contributed by atoms with van der Waals surface area (Å²) in [5.41, 5.74) is 6.65. The molecule has 0 aliphatic heterocycles. The van der Waals surface area contributed by atoms with Crippen molar-refractivity contribution in [3.63, 3.8) is 0 Å². The van der Waals surface area contributed by atoms with Gasteiger partial charge in [-0.05, 0) is 47.1 Å². The number of nitrogens with two attached hydrogens (primary N) is 1. The molecule has 0 fully saturated rings. The van der Waals surface area contributed by atoms with Gasteiger partial charge in [-0.1, -0.05) is 12.1 Å². The lowest BCUT2D eigenvalue weighted by atomic mass is 10.2. The summed E-state index contributed by atoms with van der Waals surface area (Å²) >= 11 is 3.45. The molecule has 2 aromatic rings. The molecule has 0 saturated heterocycles. The van der Waals surface area contributed by atoms with Gasteiger partial charge in [-0.2, -0.15) is 0 Å². The molecule has 8 heteroatoms. The molecule has 1 atom stereocenters. The number of hydrogen-bond acceptors (Lipinski definition) is 4. The molecule has 0 aliphatic rings. The van der Waals surface area contributed by atoms with Gasteiger partial charge in [0.05, 0.1) is 30.9 Å². The number of hydrogen-bond donors (Lipinski definition) is 2. The average molecular weight is 536 g/mol. The van der Waals surface area contributed by atoms with Crippen LogP contribution in [-0.4, -0.2) is 32.8 Å². The minimum absolute atomic E-state index is 0. The molecule has 1 unspecified atom stereocenters. The van der Waals surface area contributed by atoms with Crippen LogP contribution in [0, 0.1) is 0 Å². The molecule has 0 aromatic heterocycles. The number of anilines is 1. The molecule has 0 heterocycles. The second-order valence-corrected chi connectivity index (χ2v) is 6.13. The molecule has 0 radical (unpaired) electrons. The molecule has 0 saturated carbocycles. The van der Waals surface area contributed by atoms with Crippen LogP contribution in [0.25, 0.3) is 0 Å². The molecular weight excluding hydrogens is 513 g/mol. The first kappa shape index (κ1) is 22.4. The number of guanidine groups is 1. The minimum atomic E-state index is -0.133. The van der Waals surface area contributed by atoms with Crippen LogP contribution in [0.15, 0.2) is 51.9 Å². The highest BCUT2D eigenvalue weighted by atomic mass is 127. The van der Waals surface area contributed by atoms with E-state index in [0.717, 1.165) is 10.2 Å². The predicted octanol–water partition coefficient (Wildman–Crippen LogP) is 4.28. The van der Waals surface area contributed by atoms with E-state index in [1.54, 1.807) is 26.4 Å². The SMILES string of the molecule is COc1ccc(OC)c(NC(N)=NCC(C)Oc2ccccc2Br)c1.I. The maximum absolute atomic E-state index is 5.97. The minimum Gasteiger partial charge on any atom is -0.497 e. The topological polar surface area (TPSA) is 78.1 Å². The molecule has 0 spiro atoms. The van der Waals surface area contributed by atoms with Crippen LogP contribution in [-0.2, 0) is 0 Å². The number of aliphatic imine (C=N–C) groups is 1. The molecule has 142 valence electrons. The Bertz CT molecular complexity index is 743. The molecule has 6 nitrogen and oxygen atoms in total. The number of nitrogens with one attached hydrogen (secondary N) is 1. The van der Waals surface area contributed by atoms with Gasteiger partial charge in [-0.15, -0.1) is 24.0 Å². The zero-order valence-electron chi connectivity index (χ0n) is 14.9. The Kier molecular flexibility index (Phi) is 9.57. The van der Waals surface area contributed by atoms with E-state index in [1.807, 2.05) is 37.3 Å². The predicted molar refractivity (Wildman–Crippen MR) is 119 cm³/mol. The normalized spacial score (nSPS) is 11.9. The Morgan fingerprint density at radius 1 is 1.15 bits per heavy atom. The summed E-state index contributed by atoms with van der Waals surface area (Å²) in [6.07, 6.45) is -0.133. The van der Waals surface area contributed by atoms with Crippen molar-refractivity contribution in [1.82, 2.24) is 0 Å². The highest BCUT2D eigenvalue weighted by Gasteiger charge is 2.08. The number of para-hydroxylation sites is 1. The van der Waals surface area contributed by atoms with Crippen LogP contribution in [0.1, 0.15) is 6.92 Å². The van der Waals surface area contributed by atoms with Crippen molar-refractivity contribution in [3.8, 4) is 17.2 Å². The first-order chi connectivity index (χ1) is 12.0. The van der Waals surface area contributed by atoms with Crippen LogP contribution in [0.5, 0.6) is 17.2 Å². The van der Waals surface area contributed by atoms with Gasteiger partial charge in [0.25, 0.3) is 0 Å². The van der Waals surface area contributed by atoms with Gasteiger partial charge in [0.15, 0.2) is 5.96 Å². The van der Waals surface area contributed by atoms with Crippen LogP contribution < -0.4 is 25.3 Å². The first-order valence-corrected chi connectivity index (χ1v) is 8.53. The van der Waals surface area contributed by atoms with E-state index in [1.165, 1.54) is 0 Å². The van der Waals surface area contributed by atoms with Gasteiger partial charge in [0.1, 0.15) is 23.4 Å². The Morgan fingerprint density at radius 2 is 1.88 bits per heavy atom. The monoisotopic (exact) mass is 535 g/mol. The van der Waals surface area contributed by atoms with Gasteiger partial charge >= 0.3 is 0 Å². The molecule has 0 aliphatic carbocycles. The van der Waals surface area contributed by atoms with Gasteiger partial charge in [0, 0.05) is 6.07 Å². The number of methoxy groups -OCH3 is 2.